The van der Waals surface area contributed by atoms with E-state index in [9.17, 15) is 39.5 Å². The highest BCUT2D eigenvalue weighted by Crippen LogP contribution is 2.52. The van der Waals surface area contributed by atoms with Crippen LogP contribution >= 0.6 is 0 Å². The average Bonchev–Trinajstić information content (AvgIpc) is 1.81. The minimum absolute atomic E-state index is 1.26. The summed E-state index contributed by atoms with van der Waals surface area (Å²) in [6, 6.07) is 0. The lowest BCUT2D eigenvalue weighted by molar-refractivity contribution is -0.388. The van der Waals surface area contributed by atoms with E-state index in [0.29, 0.717) is 0 Å². The van der Waals surface area contributed by atoms with Crippen molar-refractivity contribution < 1.29 is 39.5 Å². The van der Waals surface area contributed by atoms with Gasteiger partial charge < -0.3 is 0 Å². The Balaban J connectivity index is 5.30. The molecule has 9 heteroatoms. The fraction of sp³-hybridized carbons (Fsp3) is 0.800. The second kappa shape index (κ2) is 2.93. The molecule has 0 heterocycles. The summed E-state index contributed by atoms with van der Waals surface area (Å²) in [4.78, 5) is 0. The molecule has 0 fully saturated rings. The summed E-state index contributed by atoms with van der Waals surface area (Å²) in [6.45, 7) is 1.26. The largest absolute Gasteiger partial charge is 0.459 e. The lowest BCUT2D eigenvalue weighted by Crippen LogP contribution is -2.59. The van der Waals surface area contributed by atoms with Gasteiger partial charge in [-0.05, 0) is 0 Å². The fourth-order valence-corrected chi connectivity index (χ4v) is 0.408. The normalized spacial score (nSPS) is 15.9. The van der Waals surface area contributed by atoms with Crippen molar-refractivity contribution in [2.45, 2.75) is 23.9 Å². The fourth-order valence-electron chi connectivity index (χ4n) is 0.408. The van der Waals surface area contributed by atoms with Crippen LogP contribution in [-0.4, -0.2) is 23.9 Å². The molecule has 0 amide bonds. The van der Waals surface area contributed by atoms with Crippen molar-refractivity contribution in [3.8, 4) is 0 Å². The van der Waals surface area contributed by atoms with Gasteiger partial charge in [-0.1, -0.05) is 0 Å². The quantitative estimate of drug-likeness (QED) is 0.507. The molecule has 0 aliphatic rings. The number of halogens is 9. The SMILES string of the molecule is [CH2-]C(F)(F)C(F)(F)C(F)(F)C(F)(F)F. The van der Waals surface area contributed by atoms with Gasteiger partial charge in [-0.2, -0.15) is 30.7 Å². The van der Waals surface area contributed by atoms with Gasteiger partial charge in [0.2, 0.25) is 0 Å². The smallest absolute Gasteiger partial charge is 0.268 e. The molecule has 0 aromatic carbocycles. The summed E-state index contributed by atoms with van der Waals surface area (Å²) in [5.41, 5.74) is 0. The first-order chi connectivity index (χ1) is 5.75. The summed E-state index contributed by atoms with van der Waals surface area (Å²) < 4.78 is 105. The second-order valence-corrected chi connectivity index (χ2v) is 2.35. The third kappa shape index (κ3) is 1.76. The number of alkyl halides is 9. The van der Waals surface area contributed by atoms with Gasteiger partial charge >= 0.3 is 18.0 Å². The highest BCUT2D eigenvalue weighted by molar-refractivity contribution is 5.01. The number of hydrogen-bond acceptors (Lipinski definition) is 0. The Morgan fingerprint density at radius 3 is 0.929 bits per heavy atom. The Morgan fingerprint density at radius 2 is 0.857 bits per heavy atom. The van der Waals surface area contributed by atoms with Crippen molar-refractivity contribution >= 4 is 0 Å². The van der Waals surface area contributed by atoms with Gasteiger partial charge in [0, 0.05) is 0 Å². The summed E-state index contributed by atoms with van der Waals surface area (Å²) in [7, 11) is 0. The van der Waals surface area contributed by atoms with Crippen molar-refractivity contribution in [3.63, 3.8) is 0 Å². The molecule has 0 N–H and O–H groups in total. The first-order valence-corrected chi connectivity index (χ1v) is 2.80. The molecule has 0 atom stereocenters. The molecule has 86 valence electrons. The molecular weight excluding hydrogens is 231 g/mol. The van der Waals surface area contributed by atoms with Gasteiger partial charge in [0.05, 0.1) is 0 Å². The molecule has 0 aliphatic heterocycles. The van der Waals surface area contributed by atoms with E-state index in [1.165, 1.54) is 6.92 Å². The Morgan fingerprint density at radius 1 is 0.571 bits per heavy atom. The lowest BCUT2D eigenvalue weighted by Gasteiger charge is -2.35. The standard InChI is InChI=1S/C5H2F9/c1-2(6,7)3(8,9)4(10,11)5(12,13)14/h1H2/q-1. The predicted molar refractivity (Wildman–Crippen MR) is 26.3 cm³/mol. The Hall–Kier alpha value is -0.630. The maximum Gasteiger partial charge on any atom is 0.459 e. The molecule has 14 heavy (non-hydrogen) atoms. The lowest BCUT2D eigenvalue weighted by atomic mass is 10.1. The molecule has 0 nitrogen and oxygen atoms in total. The molecule has 0 radical (unpaired) electrons. The molecule has 0 saturated carbocycles. The van der Waals surface area contributed by atoms with E-state index >= 15 is 0 Å². The first kappa shape index (κ1) is 13.4. The van der Waals surface area contributed by atoms with Gasteiger partial charge in [-0.25, -0.2) is 8.78 Å². The molecule has 0 rings (SSSR count). The summed E-state index contributed by atoms with van der Waals surface area (Å²) >= 11 is 0. The number of rotatable bonds is 2. The Labute approximate surface area is 71.7 Å². The Bertz CT molecular complexity index is 182. The van der Waals surface area contributed by atoms with Crippen LogP contribution in [0.4, 0.5) is 39.5 Å². The molecule has 0 saturated heterocycles. The van der Waals surface area contributed by atoms with Gasteiger partial charge in [0.25, 0.3) is 0 Å². The van der Waals surface area contributed by atoms with E-state index in [4.69, 9.17) is 0 Å². The monoisotopic (exact) mass is 233 g/mol. The van der Waals surface area contributed by atoms with Crippen molar-refractivity contribution in [3.05, 3.63) is 6.92 Å². The molecular formula is C5H2F9-. The van der Waals surface area contributed by atoms with E-state index in [-0.39, 0.29) is 0 Å². The van der Waals surface area contributed by atoms with Gasteiger partial charge in [-0.15, -0.1) is 0 Å². The van der Waals surface area contributed by atoms with Crippen LogP contribution in [0.15, 0.2) is 0 Å². The highest BCUT2D eigenvalue weighted by Gasteiger charge is 2.77. The second-order valence-electron chi connectivity index (χ2n) is 2.35. The summed E-state index contributed by atoms with van der Waals surface area (Å²) in [6.07, 6.45) is -6.77. The van der Waals surface area contributed by atoms with Gasteiger partial charge in [0.15, 0.2) is 5.92 Å². The summed E-state index contributed by atoms with van der Waals surface area (Å²) in [5.74, 6) is -19.1. The van der Waals surface area contributed by atoms with Crippen molar-refractivity contribution in [2.75, 3.05) is 0 Å². The molecule has 0 bridgehead atoms. The van der Waals surface area contributed by atoms with Gasteiger partial charge in [-0.3, -0.25) is 6.92 Å². The average molecular weight is 233 g/mol. The first-order valence-electron chi connectivity index (χ1n) is 2.80. The predicted octanol–water partition coefficient (Wildman–Crippen LogP) is 3.29. The van der Waals surface area contributed by atoms with Crippen LogP contribution < -0.4 is 0 Å². The third-order valence-electron chi connectivity index (χ3n) is 1.21. The maximum absolute atomic E-state index is 11.9. The number of hydrogen-bond donors (Lipinski definition) is 0. The van der Waals surface area contributed by atoms with Crippen LogP contribution in [-0.2, 0) is 0 Å². The molecule has 0 aromatic rings. The molecule has 0 unspecified atom stereocenters. The zero-order chi connectivity index (χ0) is 12.0. The van der Waals surface area contributed by atoms with Crippen LogP contribution in [0, 0.1) is 6.92 Å². The van der Waals surface area contributed by atoms with E-state index in [0.717, 1.165) is 0 Å². The van der Waals surface area contributed by atoms with Gasteiger partial charge in [0.1, 0.15) is 0 Å². The zero-order valence-corrected chi connectivity index (χ0v) is 6.11. The van der Waals surface area contributed by atoms with Crippen molar-refractivity contribution in [2.24, 2.45) is 0 Å². The van der Waals surface area contributed by atoms with Crippen molar-refractivity contribution in [1.82, 2.24) is 0 Å². The minimum Gasteiger partial charge on any atom is -0.268 e. The zero-order valence-electron chi connectivity index (χ0n) is 6.11. The van der Waals surface area contributed by atoms with Crippen LogP contribution in [0.1, 0.15) is 0 Å². The van der Waals surface area contributed by atoms with E-state index in [2.05, 4.69) is 0 Å². The molecule has 0 spiro atoms. The van der Waals surface area contributed by atoms with E-state index < -0.39 is 23.9 Å². The van der Waals surface area contributed by atoms with E-state index in [1.807, 2.05) is 0 Å². The topological polar surface area (TPSA) is 0 Å². The van der Waals surface area contributed by atoms with E-state index in [1.54, 1.807) is 0 Å². The molecule has 0 aliphatic carbocycles. The minimum atomic E-state index is -6.83. The summed E-state index contributed by atoms with van der Waals surface area (Å²) in [5, 5.41) is 0. The molecule has 0 aromatic heterocycles. The van der Waals surface area contributed by atoms with Crippen LogP contribution in [0.5, 0.6) is 0 Å². The Kier molecular flexibility index (Phi) is 2.80. The van der Waals surface area contributed by atoms with Crippen molar-refractivity contribution in [1.29, 1.82) is 0 Å². The third-order valence-corrected chi connectivity index (χ3v) is 1.21. The maximum atomic E-state index is 11.9. The van der Waals surface area contributed by atoms with Crippen LogP contribution in [0.25, 0.3) is 0 Å². The van der Waals surface area contributed by atoms with Crippen LogP contribution in [0.3, 0.4) is 0 Å². The highest BCUT2D eigenvalue weighted by atomic mass is 19.4. The van der Waals surface area contributed by atoms with Crippen LogP contribution in [0.2, 0.25) is 0 Å².